The van der Waals surface area contributed by atoms with Crippen LogP contribution in [0.4, 0.5) is 5.69 Å². The van der Waals surface area contributed by atoms with Crippen molar-refractivity contribution in [1.29, 1.82) is 5.26 Å². The Morgan fingerprint density at radius 2 is 2.35 bits per heavy atom. The van der Waals surface area contributed by atoms with Crippen LogP contribution < -0.4 is 5.32 Å². The van der Waals surface area contributed by atoms with Crippen molar-refractivity contribution in [3.8, 4) is 6.07 Å². The lowest BCUT2D eigenvalue weighted by atomic mass is 10.1. The second-order valence-corrected chi connectivity index (χ2v) is 4.76. The number of nitrogens with one attached hydrogen (secondary N) is 1. The smallest absolute Gasteiger partial charge is 0.141 e. The summed E-state index contributed by atoms with van der Waals surface area (Å²) in [5.74, 6) is 0. The van der Waals surface area contributed by atoms with E-state index < -0.39 is 0 Å². The molecule has 1 aromatic carbocycles. The van der Waals surface area contributed by atoms with Crippen LogP contribution in [-0.2, 0) is 4.74 Å². The molecule has 1 aliphatic heterocycles. The molecular formula is C13H15ClN2O. The third-order valence-electron chi connectivity index (χ3n) is 2.92. The average Bonchev–Trinajstić information content (AvgIpc) is 2.73. The molecule has 1 aromatic rings. The van der Waals surface area contributed by atoms with Crippen molar-refractivity contribution in [1.82, 2.24) is 0 Å². The Morgan fingerprint density at radius 3 is 2.94 bits per heavy atom. The van der Waals surface area contributed by atoms with Gasteiger partial charge in [-0.1, -0.05) is 17.7 Å². The summed E-state index contributed by atoms with van der Waals surface area (Å²) < 4.78 is 5.70. The van der Waals surface area contributed by atoms with Gasteiger partial charge in [-0.05, 0) is 38.0 Å². The average molecular weight is 251 g/mol. The van der Waals surface area contributed by atoms with Crippen molar-refractivity contribution < 1.29 is 4.74 Å². The highest BCUT2D eigenvalue weighted by Gasteiger charge is 2.29. The summed E-state index contributed by atoms with van der Waals surface area (Å²) in [5, 5.41) is 13.0. The van der Waals surface area contributed by atoms with Crippen LogP contribution in [-0.4, -0.2) is 18.2 Å². The summed E-state index contributed by atoms with van der Waals surface area (Å²) >= 11 is 5.90. The molecule has 1 N–H and O–H groups in total. The van der Waals surface area contributed by atoms with E-state index in [1.165, 1.54) is 0 Å². The monoisotopic (exact) mass is 250 g/mol. The second-order valence-electron chi connectivity index (χ2n) is 4.32. The predicted octanol–water partition coefficient (Wildman–Crippen LogP) is 3.21. The molecular weight excluding hydrogens is 236 g/mol. The van der Waals surface area contributed by atoms with Crippen LogP contribution in [0.25, 0.3) is 0 Å². The molecule has 0 spiro atoms. The lowest BCUT2D eigenvalue weighted by Crippen LogP contribution is -2.32. The van der Waals surface area contributed by atoms with Gasteiger partial charge in [-0.3, -0.25) is 0 Å². The van der Waals surface area contributed by atoms with Gasteiger partial charge in [0.2, 0.25) is 0 Å². The molecule has 0 amide bonds. The maximum absolute atomic E-state index is 9.18. The van der Waals surface area contributed by atoms with Gasteiger partial charge in [0.15, 0.2) is 0 Å². The number of anilines is 1. The molecule has 1 heterocycles. The molecule has 1 fully saturated rings. The first kappa shape index (κ1) is 12.2. The van der Waals surface area contributed by atoms with E-state index in [1.54, 1.807) is 0 Å². The summed E-state index contributed by atoms with van der Waals surface area (Å²) in [6, 6.07) is 9.31. The van der Waals surface area contributed by atoms with Crippen molar-refractivity contribution in [2.75, 3.05) is 5.32 Å². The van der Waals surface area contributed by atoms with Crippen LogP contribution in [0.15, 0.2) is 24.3 Å². The number of ether oxygens (including phenoxy) is 1. The molecule has 1 aliphatic rings. The van der Waals surface area contributed by atoms with Gasteiger partial charge < -0.3 is 10.1 Å². The maximum Gasteiger partial charge on any atom is 0.141 e. The van der Waals surface area contributed by atoms with Gasteiger partial charge in [-0.2, -0.15) is 5.26 Å². The normalized spacial score (nSPS) is 25.2. The summed E-state index contributed by atoms with van der Waals surface area (Å²) in [7, 11) is 0. The van der Waals surface area contributed by atoms with Gasteiger partial charge in [0.1, 0.15) is 6.04 Å². The van der Waals surface area contributed by atoms with E-state index in [1.807, 2.05) is 31.2 Å². The fourth-order valence-electron chi connectivity index (χ4n) is 2.04. The fourth-order valence-corrected chi connectivity index (χ4v) is 2.24. The van der Waals surface area contributed by atoms with Crippen LogP contribution in [0.5, 0.6) is 0 Å². The quantitative estimate of drug-likeness (QED) is 0.896. The number of hydrogen-bond acceptors (Lipinski definition) is 3. The van der Waals surface area contributed by atoms with Gasteiger partial charge >= 0.3 is 0 Å². The van der Waals surface area contributed by atoms with Crippen molar-refractivity contribution in [2.45, 2.75) is 38.0 Å². The van der Waals surface area contributed by atoms with Gasteiger partial charge in [-0.15, -0.1) is 0 Å². The molecule has 4 heteroatoms. The lowest BCUT2D eigenvalue weighted by molar-refractivity contribution is 0.0534. The summed E-state index contributed by atoms with van der Waals surface area (Å²) in [6.07, 6.45) is 2.15. The van der Waals surface area contributed by atoms with E-state index in [-0.39, 0.29) is 18.2 Å². The van der Waals surface area contributed by atoms with Crippen LogP contribution in [0.3, 0.4) is 0 Å². The molecule has 0 aromatic heterocycles. The molecule has 1 saturated heterocycles. The molecule has 3 nitrogen and oxygen atoms in total. The van der Waals surface area contributed by atoms with Gasteiger partial charge in [0.05, 0.1) is 18.3 Å². The first-order valence-corrected chi connectivity index (χ1v) is 6.14. The molecule has 3 unspecified atom stereocenters. The molecule has 3 atom stereocenters. The zero-order valence-electron chi connectivity index (χ0n) is 9.69. The van der Waals surface area contributed by atoms with Crippen LogP contribution in [0, 0.1) is 11.3 Å². The predicted molar refractivity (Wildman–Crippen MR) is 68.0 cm³/mol. The molecule has 0 saturated carbocycles. The largest absolute Gasteiger partial charge is 0.372 e. The molecule has 90 valence electrons. The van der Waals surface area contributed by atoms with Gasteiger partial charge in [-0.25, -0.2) is 0 Å². The standard InChI is InChI=1S/C13H15ClN2O/c1-9-5-6-13(17-9)12(8-15)16-11-4-2-3-10(14)7-11/h2-4,7,9,12-13,16H,5-6H2,1H3. The highest BCUT2D eigenvalue weighted by atomic mass is 35.5. The fraction of sp³-hybridized carbons (Fsp3) is 0.462. The van der Waals surface area contributed by atoms with Gasteiger partial charge in [0.25, 0.3) is 0 Å². The molecule has 0 bridgehead atoms. The van der Waals surface area contributed by atoms with Crippen molar-refractivity contribution >= 4 is 17.3 Å². The highest BCUT2D eigenvalue weighted by Crippen LogP contribution is 2.24. The van der Waals surface area contributed by atoms with Crippen molar-refractivity contribution in [2.24, 2.45) is 0 Å². The Bertz CT molecular complexity index is 430. The number of nitriles is 1. The van der Waals surface area contributed by atoms with Crippen LogP contribution >= 0.6 is 11.6 Å². The zero-order chi connectivity index (χ0) is 12.3. The van der Waals surface area contributed by atoms with E-state index in [4.69, 9.17) is 16.3 Å². The zero-order valence-corrected chi connectivity index (χ0v) is 10.4. The topological polar surface area (TPSA) is 45.0 Å². The van der Waals surface area contributed by atoms with E-state index in [0.717, 1.165) is 18.5 Å². The Hall–Kier alpha value is -1.24. The minimum atomic E-state index is -0.321. The summed E-state index contributed by atoms with van der Waals surface area (Å²) in [5.41, 5.74) is 0.854. The minimum absolute atomic E-state index is 0.0334. The molecule has 0 aliphatic carbocycles. The highest BCUT2D eigenvalue weighted by molar-refractivity contribution is 6.30. The lowest BCUT2D eigenvalue weighted by Gasteiger charge is -2.19. The van der Waals surface area contributed by atoms with Gasteiger partial charge in [0, 0.05) is 10.7 Å². The van der Waals surface area contributed by atoms with E-state index in [9.17, 15) is 5.26 Å². The third-order valence-corrected chi connectivity index (χ3v) is 3.16. The van der Waals surface area contributed by atoms with Crippen molar-refractivity contribution in [3.05, 3.63) is 29.3 Å². The van der Waals surface area contributed by atoms with Crippen molar-refractivity contribution in [3.63, 3.8) is 0 Å². The third kappa shape index (κ3) is 3.12. The minimum Gasteiger partial charge on any atom is -0.372 e. The molecule has 0 radical (unpaired) electrons. The Morgan fingerprint density at radius 1 is 1.53 bits per heavy atom. The Labute approximate surface area is 106 Å². The van der Waals surface area contributed by atoms with E-state index in [0.29, 0.717) is 5.02 Å². The number of nitrogens with zero attached hydrogens (tertiary/aromatic N) is 1. The number of benzene rings is 1. The second kappa shape index (κ2) is 5.39. The molecule has 2 rings (SSSR count). The summed E-state index contributed by atoms with van der Waals surface area (Å²) in [4.78, 5) is 0. The number of rotatable bonds is 3. The SMILES string of the molecule is CC1CCC(C(C#N)Nc2cccc(Cl)c2)O1. The molecule has 17 heavy (non-hydrogen) atoms. The Kier molecular flexibility index (Phi) is 3.88. The maximum atomic E-state index is 9.18. The van der Waals surface area contributed by atoms with E-state index >= 15 is 0 Å². The van der Waals surface area contributed by atoms with Crippen LogP contribution in [0.1, 0.15) is 19.8 Å². The first-order valence-electron chi connectivity index (χ1n) is 5.76. The Balaban J connectivity index is 2.03. The number of hydrogen-bond donors (Lipinski definition) is 1. The van der Waals surface area contributed by atoms with E-state index in [2.05, 4.69) is 11.4 Å². The van der Waals surface area contributed by atoms with Crippen LogP contribution in [0.2, 0.25) is 5.02 Å². The first-order chi connectivity index (χ1) is 8.19. The number of halogens is 1. The summed E-state index contributed by atoms with van der Waals surface area (Å²) in [6.45, 7) is 2.04.